The summed E-state index contributed by atoms with van der Waals surface area (Å²) < 4.78 is 51.9. The molecule has 8 heteroatoms. The third kappa shape index (κ3) is 4.16. The number of carbonyl (C=O) groups is 1. The molecule has 27 heavy (non-hydrogen) atoms. The van der Waals surface area contributed by atoms with E-state index in [2.05, 4.69) is 5.32 Å². The molecule has 4 nitrogen and oxygen atoms in total. The van der Waals surface area contributed by atoms with Gasteiger partial charge in [0.25, 0.3) is 0 Å². The Morgan fingerprint density at radius 1 is 1.07 bits per heavy atom. The molecule has 1 aliphatic carbocycles. The lowest BCUT2D eigenvalue weighted by Crippen LogP contribution is -2.41. The second-order valence-corrected chi connectivity index (χ2v) is 8.40. The lowest BCUT2D eigenvalue weighted by atomic mass is 9.78. The molecule has 0 radical (unpaired) electrons. The highest BCUT2D eigenvalue weighted by atomic mass is 19.4. The van der Waals surface area contributed by atoms with Gasteiger partial charge in [-0.2, -0.15) is 13.2 Å². The van der Waals surface area contributed by atoms with Gasteiger partial charge in [0.1, 0.15) is 0 Å². The number of alkyl halides is 3. The van der Waals surface area contributed by atoms with E-state index in [9.17, 15) is 18.0 Å². The van der Waals surface area contributed by atoms with Crippen LogP contribution in [-0.2, 0) is 20.3 Å². The molecule has 1 amide bonds. The molecule has 148 valence electrons. The van der Waals surface area contributed by atoms with Gasteiger partial charge in [0.05, 0.1) is 16.8 Å². The van der Waals surface area contributed by atoms with Crippen LogP contribution in [0.15, 0.2) is 18.2 Å². The minimum Gasteiger partial charge on any atom is -0.399 e. The summed E-state index contributed by atoms with van der Waals surface area (Å²) in [6, 6.07) is 3.49. The van der Waals surface area contributed by atoms with Crippen molar-refractivity contribution in [2.75, 3.05) is 5.32 Å². The van der Waals surface area contributed by atoms with Gasteiger partial charge in [-0.1, -0.05) is 18.9 Å². The quantitative estimate of drug-likeness (QED) is 0.799. The van der Waals surface area contributed by atoms with Gasteiger partial charge in [-0.15, -0.1) is 0 Å². The first kappa shape index (κ1) is 20.2. The zero-order valence-electron chi connectivity index (χ0n) is 16.1. The predicted molar refractivity (Wildman–Crippen MR) is 97.7 cm³/mol. The van der Waals surface area contributed by atoms with E-state index >= 15 is 0 Å². The van der Waals surface area contributed by atoms with Crippen LogP contribution in [0.2, 0.25) is 0 Å². The van der Waals surface area contributed by atoms with Crippen LogP contribution in [0.4, 0.5) is 18.9 Å². The number of hydrogen-bond acceptors (Lipinski definition) is 3. The van der Waals surface area contributed by atoms with E-state index < -0.39 is 30.1 Å². The normalized spacial score (nSPS) is 22.3. The van der Waals surface area contributed by atoms with E-state index in [1.54, 1.807) is 0 Å². The van der Waals surface area contributed by atoms with Crippen molar-refractivity contribution in [2.24, 2.45) is 5.92 Å². The minimum atomic E-state index is -4.54. The van der Waals surface area contributed by atoms with Crippen LogP contribution in [0.5, 0.6) is 0 Å². The van der Waals surface area contributed by atoms with Crippen molar-refractivity contribution < 1.29 is 27.3 Å². The van der Waals surface area contributed by atoms with Crippen LogP contribution in [0.3, 0.4) is 0 Å². The fraction of sp³-hybridized carbons (Fsp3) is 0.632. The number of amides is 1. The zero-order chi connectivity index (χ0) is 20.0. The first-order chi connectivity index (χ1) is 12.4. The zero-order valence-corrected chi connectivity index (χ0v) is 16.1. The van der Waals surface area contributed by atoms with Crippen LogP contribution in [0, 0.1) is 5.92 Å². The number of hydrogen-bond donors (Lipinski definition) is 1. The number of anilines is 1. The van der Waals surface area contributed by atoms with Crippen molar-refractivity contribution >= 4 is 24.2 Å². The number of carbonyl (C=O) groups excluding carboxylic acids is 1. The summed E-state index contributed by atoms with van der Waals surface area (Å²) in [6.07, 6.45) is -1.05. The molecule has 2 fully saturated rings. The largest absolute Gasteiger partial charge is 0.494 e. The maximum Gasteiger partial charge on any atom is 0.494 e. The summed E-state index contributed by atoms with van der Waals surface area (Å²) in [5.41, 5.74) is -1.81. The van der Waals surface area contributed by atoms with Gasteiger partial charge in [-0.05, 0) is 58.1 Å². The Bertz CT molecular complexity index is 711. The predicted octanol–water partition coefficient (Wildman–Crippen LogP) is 4.13. The van der Waals surface area contributed by atoms with E-state index in [1.807, 2.05) is 27.7 Å². The third-order valence-corrected chi connectivity index (χ3v) is 5.80. The van der Waals surface area contributed by atoms with E-state index in [0.717, 1.165) is 37.8 Å². The highest BCUT2D eigenvalue weighted by molar-refractivity contribution is 6.62. The molecule has 0 aromatic heterocycles. The topological polar surface area (TPSA) is 47.6 Å². The molecule has 1 saturated carbocycles. The maximum atomic E-state index is 13.4. The molecule has 0 bridgehead atoms. The lowest BCUT2D eigenvalue weighted by molar-refractivity contribution is -0.137. The summed E-state index contributed by atoms with van der Waals surface area (Å²) in [5.74, 6) is -0.369. The van der Waals surface area contributed by atoms with Gasteiger partial charge in [0.15, 0.2) is 0 Å². The van der Waals surface area contributed by atoms with E-state index in [1.165, 1.54) is 6.07 Å². The first-order valence-corrected chi connectivity index (χ1v) is 9.28. The molecule has 1 aromatic rings. The van der Waals surface area contributed by atoms with Crippen molar-refractivity contribution in [3.8, 4) is 0 Å². The highest BCUT2D eigenvalue weighted by Crippen LogP contribution is 2.37. The Hall–Kier alpha value is -1.54. The molecular formula is C19H25BF3NO3. The molecule has 1 heterocycles. The number of nitrogens with one attached hydrogen (secondary N) is 1. The summed E-state index contributed by atoms with van der Waals surface area (Å²) in [6.45, 7) is 7.35. The SMILES string of the molecule is CC1(C)OB(c2cc(NC(=O)C3CCCC3)cc(C(F)(F)F)c2)OC1(C)C. The maximum absolute atomic E-state index is 13.4. The summed E-state index contributed by atoms with van der Waals surface area (Å²) in [5, 5.41) is 2.65. The van der Waals surface area contributed by atoms with Crippen molar-refractivity contribution in [3.05, 3.63) is 23.8 Å². The molecule has 0 unspecified atom stereocenters. The van der Waals surface area contributed by atoms with Crippen LogP contribution in [0.1, 0.15) is 58.9 Å². The number of rotatable bonds is 3. The van der Waals surface area contributed by atoms with Gasteiger partial charge in [0, 0.05) is 11.6 Å². The minimum absolute atomic E-state index is 0.117. The number of benzene rings is 1. The summed E-state index contributed by atoms with van der Waals surface area (Å²) in [7, 11) is -0.931. The fourth-order valence-corrected chi connectivity index (χ4v) is 3.44. The van der Waals surface area contributed by atoms with Gasteiger partial charge in [-0.25, -0.2) is 0 Å². The first-order valence-electron chi connectivity index (χ1n) is 9.28. The lowest BCUT2D eigenvalue weighted by Gasteiger charge is -2.32. The molecule has 3 rings (SSSR count). The molecule has 1 saturated heterocycles. The molecule has 1 aliphatic heterocycles. The van der Waals surface area contributed by atoms with Crippen molar-refractivity contribution in [1.29, 1.82) is 0 Å². The van der Waals surface area contributed by atoms with Gasteiger partial charge >= 0.3 is 13.3 Å². The fourth-order valence-electron chi connectivity index (χ4n) is 3.44. The second kappa shape index (κ2) is 6.81. The van der Waals surface area contributed by atoms with E-state index in [-0.39, 0.29) is 23.0 Å². The Balaban J connectivity index is 1.91. The van der Waals surface area contributed by atoms with Crippen LogP contribution in [0.25, 0.3) is 0 Å². The smallest absolute Gasteiger partial charge is 0.399 e. The molecule has 2 aliphatic rings. The van der Waals surface area contributed by atoms with E-state index in [0.29, 0.717) is 0 Å². The van der Waals surface area contributed by atoms with Gasteiger partial charge in [0.2, 0.25) is 5.91 Å². The Kier molecular flexibility index (Phi) is 5.10. The Morgan fingerprint density at radius 2 is 1.63 bits per heavy atom. The Morgan fingerprint density at radius 3 is 2.15 bits per heavy atom. The number of halogens is 3. The van der Waals surface area contributed by atoms with E-state index in [4.69, 9.17) is 9.31 Å². The van der Waals surface area contributed by atoms with Crippen molar-refractivity contribution in [1.82, 2.24) is 0 Å². The van der Waals surface area contributed by atoms with Crippen LogP contribution >= 0.6 is 0 Å². The molecular weight excluding hydrogens is 358 g/mol. The molecule has 0 atom stereocenters. The monoisotopic (exact) mass is 383 g/mol. The summed E-state index contributed by atoms with van der Waals surface area (Å²) >= 11 is 0. The summed E-state index contributed by atoms with van der Waals surface area (Å²) in [4.78, 5) is 12.4. The van der Waals surface area contributed by atoms with Crippen LogP contribution < -0.4 is 10.8 Å². The third-order valence-electron chi connectivity index (χ3n) is 5.80. The average molecular weight is 383 g/mol. The average Bonchev–Trinajstić information content (AvgIpc) is 3.13. The van der Waals surface area contributed by atoms with Crippen LogP contribution in [-0.4, -0.2) is 24.2 Å². The van der Waals surface area contributed by atoms with Gasteiger partial charge in [-0.3, -0.25) is 4.79 Å². The van der Waals surface area contributed by atoms with Gasteiger partial charge < -0.3 is 14.6 Å². The van der Waals surface area contributed by atoms with Crippen molar-refractivity contribution in [3.63, 3.8) is 0 Å². The standard InChI is InChI=1S/C19H25BF3NO3/c1-17(2)18(3,4)27-20(26-17)14-9-13(19(21,22)23)10-15(11-14)24-16(25)12-7-5-6-8-12/h9-12H,5-8H2,1-4H3,(H,24,25). The Labute approximate surface area is 157 Å². The molecule has 1 aromatic carbocycles. The highest BCUT2D eigenvalue weighted by Gasteiger charge is 2.52. The molecule has 1 N–H and O–H groups in total. The second-order valence-electron chi connectivity index (χ2n) is 8.40. The molecule has 0 spiro atoms. The van der Waals surface area contributed by atoms with Crippen molar-refractivity contribution in [2.45, 2.75) is 70.8 Å².